The van der Waals surface area contributed by atoms with Gasteiger partial charge in [0.25, 0.3) is 0 Å². The highest BCUT2D eigenvalue weighted by atomic mass is 35.5. The van der Waals surface area contributed by atoms with Crippen molar-refractivity contribution in [3.05, 3.63) is 11.8 Å². The zero-order valence-electron chi connectivity index (χ0n) is 9.86. The number of aromatic nitrogens is 2. The zero-order chi connectivity index (χ0) is 11.4. The van der Waals surface area contributed by atoms with Gasteiger partial charge in [0, 0.05) is 25.6 Å². The van der Waals surface area contributed by atoms with E-state index >= 15 is 0 Å². The van der Waals surface area contributed by atoms with Crippen LogP contribution in [0.25, 0.3) is 0 Å². The molecule has 0 saturated carbocycles. The second-order valence-corrected chi connectivity index (χ2v) is 3.73. The number of nitrogens with two attached hydrogens (primary N) is 1. The number of hydrogen-bond donors (Lipinski definition) is 2. The van der Waals surface area contributed by atoms with Gasteiger partial charge in [-0.15, -0.1) is 12.4 Å². The Morgan fingerprint density at radius 3 is 2.75 bits per heavy atom. The molecule has 0 aliphatic rings. The first kappa shape index (κ1) is 14.9. The molecule has 0 fully saturated rings. The second kappa shape index (κ2) is 6.50. The monoisotopic (exact) mass is 246 g/mol. The number of nitrogens with one attached hydrogen (secondary N) is 1. The Kier molecular flexibility index (Phi) is 6.06. The fraction of sp³-hybridized carbons (Fsp3) is 0.600. The normalized spacial score (nSPS) is 11.8. The summed E-state index contributed by atoms with van der Waals surface area (Å²) in [5.74, 6) is 0.646. The van der Waals surface area contributed by atoms with Gasteiger partial charge >= 0.3 is 0 Å². The van der Waals surface area contributed by atoms with Crippen molar-refractivity contribution in [1.82, 2.24) is 9.78 Å². The van der Waals surface area contributed by atoms with E-state index in [9.17, 15) is 4.79 Å². The standard InChI is InChI=1S/C10H18N4O.ClH/c1-4-8-6-9(14(3)13-8)12-10(15)5-7(2)11;/h6-7H,4-5,11H2,1-3H3,(H,12,15);1H. The molecule has 0 bridgehead atoms. The Morgan fingerprint density at radius 1 is 1.69 bits per heavy atom. The SMILES string of the molecule is CCc1cc(NC(=O)CC(C)N)n(C)n1.Cl. The van der Waals surface area contributed by atoms with Gasteiger partial charge in [0.1, 0.15) is 5.82 Å². The van der Waals surface area contributed by atoms with Gasteiger partial charge in [0.15, 0.2) is 0 Å². The fourth-order valence-corrected chi connectivity index (χ4v) is 1.30. The van der Waals surface area contributed by atoms with Gasteiger partial charge in [-0.1, -0.05) is 6.92 Å². The van der Waals surface area contributed by atoms with Gasteiger partial charge in [-0.3, -0.25) is 9.48 Å². The van der Waals surface area contributed by atoms with Crippen LogP contribution in [0.2, 0.25) is 0 Å². The molecule has 92 valence electrons. The third kappa shape index (κ3) is 4.20. The van der Waals surface area contributed by atoms with E-state index in [-0.39, 0.29) is 24.4 Å². The van der Waals surface area contributed by atoms with Crippen molar-refractivity contribution in [2.45, 2.75) is 32.7 Å². The van der Waals surface area contributed by atoms with Crippen LogP contribution >= 0.6 is 12.4 Å². The van der Waals surface area contributed by atoms with Crippen LogP contribution in [-0.2, 0) is 18.3 Å². The summed E-state index contributed by atoms with van der Waals surface area (Å²) in [6.45, 7) is 3.83. The van der Waals surface area contributed by atoms with Gasteiger partial charge in [-0.25, -0.2) is 0 Å². The maximum absolute atomic E-state index is 11.4. The van der Waals surface area contributed by atoms with Crippen LogP contribution < -0.4 is 11.1 Å². The van der Waals surface area contributed by atoms with Crippen LogP contribution in [0.3, 0.4) is 0 Å². The Labute approximate surface area is 102 Å². The first-order valence-electron chi connectivity index (χ1n) is 5.11. The minimum absolute atomic E-state index is 0. The lowest BCUT2D eigenvalue weighted by Gasteiger charge is -2.06. The van der Waals surface area contributed by atoms with Gasteiger partial charge in [-0.05, 0) is 13.3 Å². The van der Waals surface area contributed by atoms with E-state index in [0.29, 0.717) is 6.42 Å². The zero-order valence-corrected chi connectivity index (χ0v) is 10.7. The number of anilines is 1. The van der Waals surface area contributed by atoms with Crippen molar-refractivity contribution < 1.29 is 4.79 Å². The van der Waals surface area contributed by atoms with Crippen molar-refractivity contribution in [2.75, 3.05) is 5.32 Å². The third-order valence-corrected chi connectivity index (χ3v) is 2.07. The highest BCUT2D eigenvalue weighted by Gasteiger charge is 2.09. The van der Waals surface area contributed by atoms with Crippen molar-refractivity contribution in [3.8, 4) is 0 Å². The topological polar surface area (TPSA) is 72.9 Å². The van der Waals surface area contributed by atoms with Gasteiger partial charge in [0.2, 0.25) is 5.91 Å². The van der Waals surface area contributed by atoms with Crippen LogP contribution in [0, 0.1) is 0 Å². The van der Waals surface area contributed by atoms with E-state index in [0.717, 1.165) is 17.9 Å². The van der Waals surface area contributed by atoms with Gasteiger partial charge in [-0.2, -0.15) is 5.10 Å². The van der Waals surface area contributed by atoms with Crippen LogP contribution in [0.1, 0.15) is 26.0 Å². The van der Waals surface area contributed by atoms with E-state index in [1.807, 2.05) is 13.0 Å². The van der Waals surface area contributed by atoms with Crippen molar-refractivity contribution in [2.24, 2.45) is 12.8 Å². The molecule has 1 aromatic heterocycles. The Balaban J connectivity index is 0.00000225. The number of nitrogens with zero attached hydrogens (tertiary/aromatic N) is 2. The van der Waals surface area contributed by atoms with Crippen LogP contribution in [-0.4, -0.2) is 21.7 Å². The molecule has 0 aromatic carbocycles. The Morgan fingerprint density at radius 2 is 2.31 bits per heavy atom. The molecule has 1 rings (SSSR count). The number of carbonyl (C=O) groups excluding carboxylic acids is 1. The number of carbonyl (C=O) groups is 1. The molecule has 0 radical (unpaired) electrons. The summed E-state index contributed by atoms with van der Waals surface area (Å²) in [5, 5.41) is 7.01. The minimum atomic E-state index is -0.121. The minimum Gasteiger partial charge on any atom is -0.327 e. The molecule has 5 nitrogen and oxygen atoms in total. The number of halogens is 1. The van der Waals surface area contributed by atoms with Crippen molar-refractivity contribution >= 4 is 24.1 Å². The molecule has 1 heterocycles. The Bertz CT molecular complexity index is 349. The fourth-order valence-electron chi connectivity index (χ4n) is 1.30. The summed E-state index contributed by atoms with van der Waals surface area (Å²) >= 11 is 0. The predicted octanol–water partition coefficient (Wildman–Crippen LogP) is 1.08. The lowest BCUT2D eigenvalue weighted by atomic mass is 10.2. The maximum Gasteiger partial charge on any atom is 0.227 e. The van der Waals surface area contributed by atoms with E-state index < -0.39 is 0 Å². The van der Waals surface area contributed by atoms with E-state index in [2.05, 4.69) is 10.4 Å². The second-order valence-electron chi connectivity index (χ2n) is 3.73. The molecular weight excluding hydrogens is 228 g/mol. The molecule has 16 heavy (non-hydrogen) atoms. The Hall–Kier alpha value is -1.07. The molecule has 0 aliphatic heterocycles. The largest absolute Gasteiger partial charge is 0.327 e. The maximum atomic E-state index is 11.4. The lowest BCUT2D eigenvalue weighted by molar-refractivity contribution is -0.116. The summed E-state index contributed by atoms with van der Waals surface area (Å²) < 4.78 is 1.66. The first-order chi connectivity index (χ1) is 7.02. The number of amides is 1. The quantitative estimate of drug-likeness (QED) is 0.835. The average Bonchev–Trinajstić information content (AvgIpc) is 2.46. The van der Waals surface area contributed by atoms with Crippen molar-refractivity contribution in [3.63, 3.8) is 0 Å². The highest BCUT2D eigenvalue weighted by molar-refractivity contribution is 5.90. The smallest absolute Gasteiger partial charge is 0.227 e. The number of hydrogen-bond acceptors (Lipinski definition) is 3. The van der Waals surface area contributed by atoms with E-state index in [4.69, 9.17) is 5.73 Å². The molecule has 0 saturated heterocycles. The molecule has 0 aliphatic carbocycles. The lowest BCUT2D eigenvalue weighted by Crippen LogP contribution is -2.24. The predicted molar refractivity (Wildman–Crippen MR) is 66.7 cm³/mol. The molecule has 3 N–H and O–H groups in total. The first-order valence-corrected chi connectivity index (χ1v) is 5.11. The highest BCUT2D eigenvalue weighted by Crippen LogP contribution is 2.09. The van der Waals surface area contributed by atoms with Crippen LogP contribution in [0.5, 0.6) is 0 Å². The molecule has 1 atom stereocenters. The van der Waals surface area contributed by atoms with Gasteiger partial charge < -0.3 is 11.1 Å². The summed E-state index contributed by atoms with van der Waals surface area (Å²) in [7, 11) is 1.81. The van der Waals surface area contributed by atoms with Crippen molar-refractivity contribution in [1.29, 1.82) is 0 Å². The molecule has 1 unspecified atom stereocenters. The van der Waals surface area contributed by atoms with Crippen LogP contribution in [0.4, 0.5) is 5.82 Å². The summed E-state index contributed by atoms with van der Waals surface area (Å²) in [6.07, 6.45) is 1.18. The van der Waals surface area contributed by atoms with Gasteiger partial charge in [0.05, 0.1) is 5.69 Å². The molecular formula is C10H19ClN4O. The number of rotatable bonds is 4. The van der Waals surface area contributed by atoms with E-state index in [1.165, 1.54) is 0 Å². The molecule has 6 heteroatoms. The average molecular weight is 247 g/mol. The third-order valence-electron chi connectivity index (χ3n) is 2.07. The number of aryl methyl sites for hydroxylation is 2. The molecule has 0 spiro atoms. The summed E-state index contributed by atoms with van der Waals surface area (Å²) in [4.78, 5) is 11.4. The molecule has 1 amide bonds. The molecule has 1 aromatic rings. The summed E-state index contributed by atoms with van der Waals surface area (Å²) in [6, 6.07) is 1.75. The van der Waals surface area contributed by atoms with E-state index in [1.54, 1.807) is 18.7 Å². The van der Waals surface area contributed by atoms with Crippen LogP contribution in [0.15, 0.2) is 6.07 Å². The summed E-state index contributed by atoms with van der Waals surface area (Å²) in [5.41, 5.74) is 6.50.